The molecule has 0 aromatic carbocycles. The Bertz CT molecular complexity index is 706. The quantitative estimate of drug-likeness (QED) is 0.897. The number of β-amino-alcohol motifs (C(OH)–C–C–N with tert-alkyl or cyclic N) is 1. The Morgan fingerprint density at radius 2 is 1.77 bits per heavy atom. The largest absolute Gasteiger partial charge is 0.490 e. The molecule has 0 unspecified atom stereocenters. The number of anilines is 2. The second-order valence-corrected chi connectivity index (χ2v) is 6.94. The van der Waals surface area contributed by atoms with Gasteiger partial charge in [-0.3, -0.25) is 4.98 Å². The lowest BCUT2D eigenvalue weighted by Crippen LogP contribution is -2.40. The van der Waals surface area contributed by atoms with E-state index in [1.807, 2.05) is 24.4 Å². The lowest BCUT2D eigenvalue weighted by molar-refractivity contribution is 0.154. The van der Waals surface area contributed by atoms with E-state index in [-0.39, 0.29) is 12.2 Å². The summed E-state index contributed by atoms with van der Waals surface area (Å²) in [7, 11) is 0. The predicted molar refractivity (Wildman–Crippen MR) is 99.6 cm³/mol. The van der Waals surface area contributed by atoms with Crippen molar-refractivity contribution < 1.29 is 9.84 Å². The molecule has 2 saturated heterocycles. The Balaban J connectivity index is 1.36. The molecule has 4 heterocycles. The molecule has 0 bridgehead atoms. The van der Waals surface area contributed by atoms with Crippen LogP contribution in [-0.4, -0.2) is 58.4 Å². The monoisotopic (exact) mass is 355 g/mol. The van der Waals surface area contributed by atoms with Gasteiger partial charge in [0.2, 0.25) is 5.95 Å². The number of hydrogen-bond acceptors (Lipinski definition) is 7. The molecule has 138 valence electrons. The van der Waals surface area contributed by atoms with E-state index in [0.717, 1.165) is 62.8 Å². The van der Waals surface area contributed by atoms with Crippen molar-refractivity contribution in [2.75, 3.05) is 36.0 Å². The molecule has 2 aliphatic rings. The van der Waals surface area contributed by atoms with Crippen LogP contribution in [0.15, 0.2) is 36.8 Å². The van der Waals surface area contributed by atoms with Crippen molar-refractivity contribution in [2.24, 2.45) is 0 Å². The summed E-state index contributed by atoms with van der Waals surface area (Å²) >= 11 is 0. The highest BCUT2D eigenvalue weighted by Gasteiger charge is 2.24. The van der Waals surface area contributed by atoms with Crippen molar-refractivity contribution in [3.05, 3.63) is 36.8 Å². The summed E-state index contributed by atoms with van der Waals surface area (Å²) in [5, 5.41) is 9.90. The maximum atomic E-state index is 9.90. The first kappa shape index (κ1) is 17.0. The maximum absolute atomic E-state index is 9.90. The summed E-state index contributed by atoms with van der Waals surface area (Å²) in [5.74, 6) is 2.55. The zero-order valence-corrected chi connectivity index (χ0v) is 14.9. The summed E-state index contributed by atoms with van der Waals surface area (Å²) in [6.07, 6.45) is 9.03. The number of piperidine rings is 2. The van der Waals surface area contributed by atoms with Crippen LogP contribution < -0.4 is 14.5 Å². The minimum Gasteiger partial charge on any atom is -0.490 e. The second kappa shape index (κ2) is 7.86. The van der Waals surface area contributed by atoms with Crippen LogP contribution in [-0.2, 0) is 0 Å². The lowest BCUT2D eigenvalue weighted by atomic mass is 10.1. The highest BCUT2D eigenvalue weighted by Crippen LogP contribution is 2.23. The van der Waals surface area contributed by atoms with Crippen molar-refractivity contribution >= 4 is 11.8 Å². The highest BCUT2D eigenvalue weighted by molar-refractivity contribution is 5.44. The number of aromatic nitrogens is 3. The number of aliphatic hydroxyl groups is 1. The zero-order valence-electron chi connectivity index (χ0n) is 14.9. The molecule has 2 fully saturated rings. The van der Waals surface area contributed by atoms with Crippen LogP contribution in [0.4, 0.5) is 11.8 Å². The molecule has 0 radical (unpaired) electrons. The van der Waals surface area contributed by atoms with Crippen LogP contribution in [0.1, 0.15) is 25.7 Å². The van der Waals surface area contributed by atoms with E-state index in [4.69, 9.17) is 9.72 Å². The molecule has 2 aromatic rings. The molecule has 0 aliphatic carbocycles. The molecule has 7 nitrogen and oxygen atoms in total. The Hall–Kier alpha value is -2.41. The van der Waals surface area contributed by atoms with Crippen LogP contribution in [0.5, 0.6) is 5.75 Å². The van der Waals surface area contributed by atoms with Gasteiger partial charge in [-0.1, -0.05) is 0 Å². The van der Waals surface area contributed by atoms with Gasteiger partial charge in [-0.25, -0.2) is 4.98 Å². The molecule has 2 aromatic heterocycles. The van der Waals surface area contributed by atoms with Crippen molar-refractivity contribution in [1.82, 2.24) is 15.0 Å². The van der Waals surface area contributed by atoms with Crippen LogP contribution >= 0.6 is 0 Å². The third-order valence-corrected chi connectivity index (χ3v) is 5.03. The Labute approximate surface area is 153 Å². The topological polar surface area (TPSA) is 74.6 Å². The van der Waals surface area contributed by atoms with E-state index < -0.39 is 0 Å². The second-order valence-electron chi connectivity index (χ2n) is 6.94. The fraction of sp³-hybridized carbons (Fsp3) is 0.526. The van der Waals surface area contributed by atoms with Crippen LogP contribution in [0, 0.1) is 0 Å². The van der Waals surface area contributed by atoms with Gasteiger partial charge in [0.15, 0.2) is 0 Å². The fourth-order valence-corrected chi connectivity index (χ4v) is 3.61. The van der Waals surface area contributed by atoms with Gasteiger partial charge in [0.1, 0.15) is 17.7 Å². The van der Waals surface area contributed by atoms with Crippen LogP contribution in [0.25, 0.3) is 0 Å². The third kappa shape index (κ3) is 4.04. The highest BCUT2D eigenvalue weighted by atomic mass is 16.5. The average molecular weight is 355 g/mol. The number of pyridine rings is 1. The van der Waals surface area contributed by atoms with Gasteiger partial charge < -0.3 is 19.6 Å². The van der Waals surface area contributed by atoms with Gasteiger partial charge in [0, 0.05) is 57.6 Å². The Morgan fingerprint density at radius 1 is 0.962 bits per heavy atom. The molecule has 0 amide bonds. The number of hydrogen-bond donors (Lipinski definition) is 1. The molecule has 0 spiro atoms. The van der Waals surface area contributed by atoms with Crippen LogP contribution in [0.2, 0.25) is 0 Å². The lowest BCUT2D eigenvalue weighted by Gasteiger charge is -2.34. The molecular weight excluding hydrogens is 330 g/mol. The standard InChI is InChI=1S/C19H25N5O2/c25-15-2-1-11-24(14-15)18-5-10-21-19(22-18)23-12-6-17(7-13-23)26-16-3-8-20-9-4-16/h3-5,8-10,15,17,25H,1-2,6-7,11-14H2/t15-/m1/s1. The zero-order chi connectivity index (χ0) is 17.8. The van der Waals surface area contributed by atoms with Gasteiger partial charge >= 0.3 is 0 Å². The first-order chi connectivity index (χ1) is 12.8. The minimum atomic E-state index is -0.261. The molecule has 7 heteroatoms. The van der Waals surface area contributed by atoms with Crippen molar-refractivity contribution in [2.45, 2.75) is 37.9 Å². The Morgan fingerprint density at radius 3 is 2.54 bits per heavy atom. The van der Waals surface area contributed by atoms with E-state index >= 15 is 0 Å². The molecule has 1 atom stereocenters. The number of rotatable bonds is 4. The summed E-state index contributed by atoms with van der Waals surface area (Å²) in [4.78, 5) is 17.6. The van der Waals surface area contributed by atoms with E-state index in [0.29, 0.717) is 6.54 Å². The predicted octanol–water partition coefficient (Wildman–Crippen LogP) is 1.88. The molecule has 4 rings (SSSR count). The van der Waals surface area contributed by atoms with Gasteiger partial charge in [-0.05, 0) is 31.0 Å². The van der Waals surface area contributed by atoms with E-state index in [9.17, 15) is 5.11 Å². The smallest absolute Gasteiger partial charge is 0.227 e. The number of ether oxygens (including phenoxy) is 1. The molecule has 26 heavy (non-hydrogen) atoms. The van der Waals surface area contributed by atoms with E-state index in [2.05, 4.69) is 19.8 Å². The molecule has 0 saturated carbocycles. The first-order valence-electron chi connectivity index (χ1n) is 9.35. The number of nitrogens with zero attached hydrogens (tertiary/aromatic N) is 5. The van der Waals surface area contributed by atoms with Gasteiger partial charge in [0.25, 0.3) is 0 Å². The van der Waals surface area contributed by atoms with E-state index in [1.165, 1.54) is 0 Å². The minimum absolute atomic E-state index is 0.217. The summed E-state index contributed by atoms with van der Waals surface area (Å²) in [5.41, 5.74) is 0. The fourth-order valence-electron chi connectivity index (χ4n) is 3.61. The Kier molecular flexibility index (Phi) is 5.15. The van der Waals surface area contributed by atoms with Gasteiger partial charge in [-0.15, -0.1) is 0 Å². The average Bonchev–Trinajstić information content (AvgIpc) is 2.69. The summed E-state index contributed by atoms with van der Waals surface area (Å²) in [6.45, 7) is 3.34. The SMILES string of the molecule is O[C@@H]1CCCN(c2ccnc(N3CCC(Oc4ccncc4)CC3)n2)C1. The first-order valence-corrected chi connectivity index (χ1v) is 9.35. The van der Waals surface area contributed by atoms with Crippen molar-refractivity contribution in [1.29, 1.82) is 0 Å². The molecule has 2 aliphatic heterocycles. The normalized spacial score (nSPS) is 21.7. The van der Waals surface area contributed by atoms with E-state index in [1.54, 1.807) is 12.4 Å². The molecular formula is C19H25N5O2. The van der Waals surface area contributed by atoms with Gasteiger partial charge in [-0.2, -0.15) is 4.98 Å². The number of aliphatic hydroxyl groups excluding tert-OH is 1. The summed E-state index contributed by atoms with van der Waals surface area (Å²) in [6, 6.07) is 5.72. The third-order valence-electron chi connectivity index (χ3n) is 5.03. The van der Waals surface area contributed by atoms with Gasteiger partial charge in [0.05, 0.1) is 6.10 Å². The van der Waals surface area contributed by atoms with Crippen molar-refractivity contribution in [3.63, 3.8) is 0 Å². The maximum Gasteiger partial charge on any atom is 0.227 e. The van der Waals surface area contributed by atoms with Crippen LogP contribution in [0.3, 0.4) is 0 Å². The molecule has 1 N–H and O–H groups in total. The van der Waals surface area contributed by atoms with Crippen molar-refractivity contribution in [3.8, 4) is 5.75 Å². The summed E-state index contributed by atoms with van der Waals surface area (Å²) < 4.78 is 6.03.